The Morgan fingerprint density at radius 3 is 2.61 bits per heavy atom. The Kier molecular flexibility index (Phi) is 6.66. The molecule has 7 nitrogen and oxygen atoms in total. The number of rotatable bonds is 6. The SMILES string of the molecule is CN(C(=O)OCc1ccc(C(=O)Nc2cc(-c3cccs3)ccc2O)cc1)c1cccnc1. The number of carbonyl (C=O) groups is 2. The molecule has 33 heavy (non-hydrogen) atoms. The molecule has 2 N–H and O–H groups in total. The van der Waals surface area contributed by atoms with Crippen LogP contribution >= 0.6 is 11.3 Å². The second kappa shape index (κ2) is 9.97. The van der Waals surface area contributed by atoms with Crippen LogP contribution in [-0.2, 0) is 11.3 Å². The fourth-order valence-corrected chi connectivity index (χ4v) is 3.80. The molecule has 2 heterocycles. The van der Waals surface area contributed by atoms with Crippen LogP contribution < -0.4 is 10.2 Å². The molecule has 0 fully saturated rings. The number of benzene rings is 2. The molecule has 0 aliphatic rings. The summed E-state index contributed by atoms with van der Waals surface area (Å²) in [4.78, 5) is 31.3. The molecule has 0 radical (unpaired) electrons. The number of hydrogen-bond donors (Lipinski definition) is 2. The summed E-state index contributed by atoms with van der Waals surface area (Å²) in [6, 6.07) is 19.2. The lowest BCUT2D eigenvalue weighted by molar-refractivity contribution is 0.102. The van der Waals surface area contributed by atoms with Crippen molar-refractivity contribution in [2.45, 2.75) is 6.61 Å². The van der Waals surface area contributed by atoms with Gasteiger partial charge in [0.05, 0.1) is 17.6 Å². The van der Waals surface area contributed by atoms with Gasteiger partial charge in [-0.05, 0) is 65.0 Å². The molecule has 0 unspecified atom stereocenters. The zero-order valence-electron chi connectivity index (χ0n) is 17.8. The average molecular weight is 460 g/mol. The molecule has 4 rings (SSSR count). The number of carbonyl (C=O) groups excluding carboxylic acids is 2. The highest BCUT2D eigenvalue weighted by Crippen LogP contribution is 2.32. The Bertz CT molecular complexity index is 1240. The predicted molar refractivity (Wildman–Crippen MR) is 129 cm³/mol. The highest BCUT2D eigenvalue weighted by molar-refractivity contribution is 7.13. The van der Waals surface area contributed by atoms with Crippen molar-refractivity contribution >= 4 is 34.7 Å². The Morgan fingerprint density at radius 2 is 1.91 bits per heavy atom. The quantitative estimate of drug-likeness (QED) is 0.369. The molecule has 0 aliphatic heterocycles. The molecule has 166 valence electrons. The van der Waals surface area contributed by atoms with Gasteiger partial charge in [0.25, 0.3) is 5.91 Å². The first-order chi connectivity index (χ1) is 16.0. The molecular weight excluding hydrogens is 438 g/mol. The minimum atomic E-state index is -0.508. The topological polar surface area (TPSA) is 91.8 Å². The molecular formula is C25H21N3O4S. The number of amides is 2. The van der Waals surface area contributed by atoms with Crippen molar-refractivity contribution in [3.8, 4) is 16.2 Å². The number of thiophene rings is 1. The lowest BCUT2D eigenvalue weighted by Crippen LogP contribution is -2.26. The van der Waals surface area contributed by atoms with Crippen molar-refractivity contribution in [3.63, 3.8) is 0 Å². The number of nitrogens with zero attached hydrogens (tertiary/aromatic N) is 2. The molecule has 2 amide bonds. The third-order valence-electron chi connectivity index (χ3n) is 4.94. The number of ether oxygens (including phenoxy) is 1. The fraction of sp³-hybridized carbons (Fsp3) is 0.0800. The van der Waals surface area contributed by atoms with Crippen LogP contribution in [0.5, 0.6) is 5.75 Å². The summed E-state index contributed by atoms with van der Waals surface area (Å²) < 4.78 is 5.33. The van der Waals surface area contributed by atoms with Crippen LogP contribution in [0.2, 0.25) is 0 Å². The van der Waals surface area contributed by atoms with Gasteiger partial charge in [0, 0.05) is 23.7 Å². The van der Waals surface area contributed by atoms with Crippen molar-refractivity contribution in [1.29, 1.82) is 0 Å². The fourth-order valence-electron chi connectivity index (χ4n) is 3.08. The Hall–Kier alpha value is -4.17. The van der Waals surface area contributed by atoms with E-state index in [0.717, 1.165) is 16.0 Å². The second-order valence-electron chi connectivity index (χ2n) is 7.19. The number of pyridine rings is 1. The third kappa shape index (κ3) is 5.36. The van der Waals surface area contributed by atoms with Crippen LogP contribution in [-0.4, -0.2) is 29.1 Å². The number of anilines is 2. The van der Waals surface area contributed by atoms with E-state index in [-0.39, 0.29) is 18.3 Å². The van der Waals surface area contributed by atoms with Gasteiger partial charge in [-0.15, -0.1) is 11.3 Å². The van der Waals surface area contributed by atoms with E-state index in [1.807, 2.05) is 17.5 Å². The molecule has 0 aliphatic carbocycles. The maximum Gasteiger partial charge on any atom is 0.414 e. The molecule has 0 saturated carbocycles. The van der Waals surface area contributed by atoms with E-state index in [9.17, 15) is 14.7 Å². The van der Waals surface area contributed by atoms with Gasteiger partial charge in [0.1, 0.15) is 12.4 Å². The molecule has 8 heteroatoms. The van der Waals surface area contributed by atoms with Crippen molar-refractivity contribution in [2.75, 3.05) is 17.3 Å². The zero-order valence-corrected chi connectivity index (χ0v) is 18.6. The van der Waals surface area contributed by atoms with Crippen LogP contribution in [0.3, 0.4) is 0 Å². The highest BCUT2D eigenvalue weighted by Gasteiger charge is 2.14. The molecule has 2 aromatic carbocycles. The van der Waals surface area contributed by atoms with Crippen LogP contribution in [0.1, 0.15) is 15.9 Å². The van der Waals surface area contributed by atoms with Gasteiger partial charge in [-0.25, -0.2) is 4.79 Å². The second-order valence-corrected chi connectivity index (χ2v) is 8.13. The number of nitrogens with one attached hydrogen (secondary N) is 1. The standard InChI is InChI=1S/C25H21N3O4S/c1-28(20-4-2-12-26-15-20)25(31)32-16-17-6-8-18(9-7-17)24(30)27-21-14-19(10-11-22(21)29)23-5-3-13-33-23/h2-15,29H,16H2,1H3,(H,27,30). The van der Waals surface area contributed by atoms with Gasteiger partial charge in [0.15, 0.2) is 0 Å². The lowest BCUT2D eigenvalue weighted by Gasteiger charge is -2.16. The zero-order chi connectivity index (χ0) is 23.2. The molecule has 0 spiro atoms. The van der Waals surface area contributed by atoms with Gasteiger partial charge in [-0.3, -0.25) is 14.7 Å². The molecule has 2 aromatic heterocycles. The highest BCUT2D eigenvalue weighted by atomic mass is 32.1. The summed E-state index contributed by atoms with van der Waals surface area (Å²) in [6.45, 7) is 0.0645. The normalized spacial score (nSPS) is 10.5. The monoisotopic (exact) mass is 459 g/mol. The van der Waals surface area contributed by atoms with Crippen molar-refractivity contribution in [1.82, 2.24) is 4.98 Å². The summed E-state index contributed by atoms with van der Waals surface area (Å²) in [5, 5.41) is 14.9. The Morgan fingerprint density at radius 1 is 1.09 bits per heavy atom. The lowest BCUT2D eigenvalue weighted by atomic mass is 10.1. The van der Waals surface area contributed by atoms with Gasteiger partial charge >= 0.3 is 6.09 Å². The van der Waals surface area contributed by atoms with E-state index in [4.69, 9.17) is 4.74 Å². The minimum Gasteiger partial charge on any atom is -0.506 e. The van der Waals surface area contributed by atoms with Crippen molar-refractivity contribution in [2.24, 2.45) is 0 Å². The van der Waals surface area contributed by atoms with E-state index in [0.29, 0.717) is 16.9 Å². The number of phenolic OH excluding ortho intramolecular Hbond substituents is 1. The van der Waals surface area contributed by atoms with E-state index in [2.05, 4.69) is 10.3 Å². The van der Waals surface area contributed by atoms with Gasteiger partial charge in [-0.1, -0.05) is 18.2 Å². The molecule has 0 bridgehead atoms. The van der Waals surface area contributed by atoms with Gasteiger partial charge in [-0.2, -0.15) is 0 Å². The van der Waals surface area contributed by atoms with E-state index < -0.39 is 6.09 Å². The number of phenols is 1. The maximum atomic E-state index is 12.7. The summed E-state index contributed by atoms with van der Waals surface area (Å²) in [5.74, 6) is -0.363. The van der Waals surface area contributed by atoms with Gasteiger partial charge in [0.2, 0.25) is 0 Å². The van der Waals surface area contributed by atoms with E-state index >= 15 is 0 Å². The van der Waals surface area contributed by atoms with Crippen LogP contribution in [0, 0.1) is 0 Å². The van der Waals surface area contributed by atoms with E-state index in [1.54, 1.807) is 85.4 Å². The van der Waals surface area contributed by atoms with Crippen LogP contribution in [0.15, 0.2) is 84.5 Å². The Balaban J connectivity index is 1.37. The predicted octanol–water partition coefficient (Wildman–Crippen LogP) is 5.54. The third-order valence-corrected chi connectivity index (χ3v) is 5.85. The average Bonchev–Trinajstić information content (AvgIpc) is 3.39. The first-order valence-electron chi connectivity index (χ1n) is 10.1. The van der Waals surface area contributed by atoms with Crippen LogP contribution in [0.4, 0.5) is 16.2 Å². The largest absolute Gasteiger partial charge is 0.506 e. The first-order valence-corrected chi connectivity index (χ1v) is 11.0. The smallest absolute Gasteiger partial charge is 0.414 e. The van der Waals surface area contributed by atoms with Crippen LogP contribution in [0.25, 0.3) is 10.4 Å². The summed E-state index contributed by atoms with van der Waals surface area (Å²) in [7, 11) is 1.61. The maximum absolute atomic E-state index is 12.7. The number of hydrogen-bond acceptors (Lipinski definition) is 6. The number of aromatic nitrogens is 1. The number of aromatic hydroxyl groups is 1. The summed E-state index contributed by atoms with van der Waals surface area (Å²) in [6.07, 6.45) is 2.69. The molecule has 0 atom stereocenters. The Labute approximate surface area is 194 Å². The van der Waals surface area contributed by atoms with Crippen molar-refractivity contribution < 1.29 is 19.4 Å². The van der Waals surface area contributed by atoms with E-state index in [1.165, 1.54) is 4.90 Å². The molecule has 4 aromatic rings. The van der Waals surface area contributed by atoms with Gasteiger partial charge < -0.3 is 15.2 Å². The minimum absolute atomic E-state index is 0.00933. The molecule has 0 saturated heterocycles. The summed E-state index contributed by atoms with van der Waals surface area (Å²) in [5.41, 5.74) is 3.02. The first kappa shape index (κ1) is 22.0. The van der Waals surface area contributed by atoms with Crippen molar-refractivity contribution in [3.05, 3.63) is 95.6 Å². The summed E-state index contributed by atoms with van der Waals surface area (Å²) >= 11 is 1.58.